The summed E-state index contributed by atoms with van der Waals surface area (Å²) in [5, 5.41) is 15.9. The van der Waals surface area contributed by atoms with Gasteiger partial charge in [-0.05, 0) is 48.9 Å². The molecule has 0 fully saturated rings. The van der Waals surface area contributed by atoms with Gasteiger partial charge in [0.05, 0.1) is 34.3 Å². The summed E-state index contributed by atoms with van der Waals surface area (Å²) in [5.41, 5.74) is 4.83. The van der Waals surface area contributed by atoms with E-state index < -0.39 is 0 Å². The van der Waals surface area contributed by atoms with Crippen molar-refractivity contribution in [2.45, 2.75) is 12.1 Å². The number of nitrogens with two attached hydrogens (primary N) is 1. The second kappa shape index (κ2) is 10.4. The largest absolute Gasteiger partial charge is 0.497 e. The van der Waals surface area contributed by atoms with Crippen LogP contribution in [-0.4, -0.2) is 39.4 Å². The van der Waals surface area contributed by atoms with Crippen LogP contribution in [0.15, 0.2) is 52.7 Å². The quantitative estimate of drug-likeness (QED) is 0.194. The smallest absolute Gasteiger partial charge is 0.264 e. The first kappa shape index (κ1) is 22.7. The van der Waals surface area contributed by atoms with E-state index in [0.29, 0.717) is 15.9 Å². The number of nitrogen functional groups attached to an aromatic ring is 1. The van der Waals surface area contributed by atoms with E-state index in [2.05, 4.69) is 26.0 Å². The average Bonchev–Trinajstić information content (AvgIpc) is 3.13. The topological polar surface area (TPSA) is 119 Å². The number of methoxy groups -OCH3 is 1. The number of carbonyl (C=O) groups is 1. The Morgan fingerprint density at radius 3 is 2.68 bits per heavy atom. The summed E-state index contributed by atoms with van der Waals surface area (Å²) in [6.07, 6.45) is 0. The van der Waals surface area contributed by atoms with E-state index >= 15 is 0 Å². The molecule has 0 atom stereocenters. The fourth-order valence-electron chi connectivity index (χ4n) is 2.40. The van der Waals surface area contributed by atoms with Crippen molar-refractivity contribution in [2.24, 2.45) is 5.10 Å². The van der Waals surface area contributed by atoms with Crippen LogP contribution in [0.25, 0.3) is 0 Å². The van der Waals surface area contributed by atoms with Crippen LogP contribution in [0.2, 0.25) is 10.0 Å². The number of nitrogens with one attached hydrogen (secondary N) is 2. The molecule has 1 heterocycles. The third-order valence-electron chi connectivity index (χ3n) is 4.05. The van der Waals surface area contributed by atoms with Gasteiger partial charge in [0, 0.05) is 0 Å². The molecule has 0 radical (unpaired) electrons. The molecule has 9 nitrogen and oxygen atoms in total. The molecule has 1 aromatic heterocycles. The first-order valence-electron chi connectivity index (χ1n) is 8.91. The molecule has 0 aliphatic rings. The maximum Gasteiger partial charge on any atom is 0.264 e. The normalized spacial score (nSPS) is 11.3. The number of hydrazone groups is 1. The van der Waals surface area contributed by atoms with Gasteiger partial charge < -0.3 is 15.9 Å². The molecule has 2 aromatic carbocycles. The van der Waals surface area contributed by atoms with Crippen LogP contribution in [0.5, 0.6) is 5.75 Å². The van der Waals surface area contributed by atoms with Gasteiger partial charge in [0.15, 0.2) is 0 Å². The molecule has 12 heteroatoms. The zero-order valence-electron chi connectivity index (χ0n) is 16.6. The van der Waals surface area contributed by atoms with Gasteiger partial charge in [0.25, 0.3) is 5.95 Å². The predicted molar refractivity (Wildman–Crippen MR) is 125 cm³/mol. The van der Waals surface area contributed by atoms with Crippen molar-refractivity contribution in [3.05, 3.63) is 58.1 Å². The van der Waals surface area contributed by atoms with Crippen LogP contribution in [0, 0.1) is 0 Å². The van der Waals surface area contributed by atoms with E-state index in [-0.39, 0.29) is 22.6 Å². The molecule has 0 saturated heterocycles. The van der Waals surface area contributed by atoms with Crippen LogP contribution < -0.4 is 21.3 Å². The number of rotatable bonds is 8. The van der Waals surface area contributed by atoms with Crippen LogP contribution in [-0.2, 0) is 4.79 Å². The number of ether oxygens (including phenoxy) is 1. The second-order valence-electron chi connectivity index (χ2n) is 6.15. The lowest BCUT2D eigenvalue weighted by atomic mass is 10.1. The number of amides is 1. The molecule has 31 heavy (non-hydrogen) atoms. The molecule has 0 spiro atoms. The average molecular weight is 480 g/mol. The Morgan fingerprint density at radius 1 is 1.23 bits per heavy atom. The van der Waals surface area contributed by atoms with Crippen molar-refractivity contribution in [3.8, 4) is 5.75 Å². The summed E-state index contributed by atoms with van der Waals surface area (Å²) >= 11 is 13.1. The number of aromatic nitrogens is 3. The van der Waals surface area contributed by atoms with Crippen molar-refractivity contribution in [3.63, 3.8) is 0 Å². The van der Waals surface area contributed by atoms with Gasteiger partial charge in [0.1, 0.15) is 5.75 Å². The molecule has 162 valence electrons. The van der Waals surface area contributed by atoms with Gasteiger partial charge in [-0.25, -0.2) is 10.1 Å². The third kappa shape index (κ3) is 5.81. The Kier molecular flexibility index (Phi) is 7.61. The standard InChI is InChI=1S/C19H19Cl2N7O2S/c1-11(12-6-8-13(30-2)9-7-12)24-25-18-26-27-19(28(18)22)31-10-16(29)23-15-5-3-4-14(20)17(15)21/h3-9H,10,22H2,1-2H3,(H,23,29)(H,25,26)/b24-11+. The summed E-state index contributed by atoms with van der Waals surface area (Å²) in [6.45, 7) is 1.84. The zero-order chi connectivity index (χ0) is 22.4. The number of benzene rings is 2. The Hall–Kier alpha value is -2.95. The lowest BCUT2D eigenvalue weighted by Crippen LogP contribution is -2.17. The molecule has 0 aliphatic heterocycles. The molecule has 0 unspecified atom stereocenters. The molecule has 1 amide bonds. The van der Waals surface area contributed by atoms with Gasteiger partial charge in [-0.2, -0.15) is 5.10 Å². The number of halogens is 2. The number of nitrogens with zero attached hydrogens (tertiary/aromatic N) is 4. The number of anilines is 2. The highest BCUT2D eigenvalue weighted by Gasteiger charge is 2.14. The summed E-state index contributed by atoms with van der Waals surface area (Å²) in [6, 6.07) is 12.5. The predicted octanol–water partition coefficient (Wildman–Crippen LogP) is 3.87. The van der Waals surface area contributed by atoms with E-state index in [9.17, 15) is 4.79 Å². The van der Waals surface area contributed by atoms with E-state index in [0.717, 1.165) is 28.8 Å². The summed E-state index contributed by atoms with van der Waals surface area (Å²) in [5.74, 6) is 6.75. The fourth-order valence-corrected chi connectivity index (χ4v) is 3.40. The molecule has 0 saturated carbocycles. The molecule has 0 aliphatic carbocycles. The number of carbonyl (C=O) groups excluding carboxylic acids is 1. The van der Waals surface area contributed by atoms with Gasteiger partial charge in [-0.1, -0.05) is 41.0 Å². The van der Waals surface area contributed by atoms with Crippen LogP contribution in [0.3, 0.4) is 0 Å². The van der Waals surface area contributed by atoms with Crippen molar-refractivity contribution >= 4 is 58.2 Å². The number of thioether (sulfide) groups is 1. The van der Waals surface area contributed by atoms with E-state index in [1.807, 2.05) is 31.2 Å². The Morgan fingerprint density at radius 2 is 1.97 bits per heavy atom. The minimum Gasteiger partial charge on any atom is -0.497 e. The Balaban J connectivity index is 1.58. The van der Waals surface area contributed by atoms with Gasteiger partial charge in [-0.3, -0.25) is 4.79 Å². The number of hydrogen-bond donors (Lipinski definition) is 3. The SMILES string of the molecule is COc1ccc(/C(C)=N/Nc2nnc(SCC(=O)Nc3cccc(Cl)c3Cl)n2N)cc1. The summed E-state index contributed by atoms with van der Waals surface area (Å²) < 4.78 is 6.36. The highest BCUT2D eigenvalue weighted by atomic mass is 35.5. The molecule has 3 aromatic rings. The first-order valence-corrected chi connectivity index (χ1v) is 10.6. The highest BCUT2D eigenvalue weighted by Crippen LogP contribution is 2.29. The van der Waals surface area contributed by atoms with Crippen LogP contribution >= 0.6 is 35.0 Å². The monoisotopic (exact) mass is 479 g/mol. The van der Waals surface area contributed by atoms with Crippen LogP contribution in [0.4, 0.5) is 11.6 Å². The van der Waals surface area contributed by atoms with Crippen molar-refractivity contribution in [2.75, 3.05) is 29.4 Å². The molecular weight excluding hydrogens is 461 g/mol. The Labute approximate surface area is 192 Å². The van der Waals surface area contributed by atoms with Crippen molar-refractivity contribution in [1.82, 2.24) is 14.9 Å². The summed E-state index contributed by atoms with van der Waals surface area (Å²) in [7, 11) is 1.61. The summed E-state index contributed by atoms with van der Waals surface area (Å²) in [4.78, 5) is 12.2. The molecule has 3 rings (SSSR count). The van der Waals surface area contributed by atoms with Gasteiger partial charge in [0.2, 0.25) is 11.1 Å². The Bertz CT molecular complexity index is 1100. The lowest BCUT2D eigenvalue weighted by Gasteiger charge is -2.08. The highest BCUT2D eigenvalue weighted by molar-refractivity contribution is 7.99. The molecular formula is C19H19Cl2N7O2S. The minimum absolute atomic E-state index is 0.0479. The maximum absolute atomic E-state index is 12.2. The first-order chi connectivity index (χ1) is 14.9. The van der Waals surface area contributed by atoms with Crippen LogP contribution in [0.1, 0.15) is 12.5 Å². The second-order valence-corrected chi connectivity index (χ2v) is 7.88. The lowest BCUT2D eigenvalue weighted by molar-refractivity contribution is -0.113. The number of hydrogen-bond acceptors (Lipinski definition) is 8. The third-order valence-corrected chi connectivity index (χ3v) is 5.82. The zero-order valence-corrected chi connectivity index (χ0v) is 18.9. The van der Waals surface area contributed by atoms with Crippen molar-refractivity contribution < 1.29 is 9.53 Å². The maximum atomic E-state index is 12.2. The fraction of sp³-hybridized carbons (Fsp3) is 0.158. The van der Waals surface area contributed by atoms with Gasteiger partial charge >= 0.3 is 0 Å². The minimum atomic E-state index is -0.292. The van der Waals surface area contributed by atoms with E-state index in [1.54, 1.807) is 25.3 Å². The molecule has 4 N–H and O–H groups in total. The van der Waals surface area contributed by atoms with Crippen molar-refractivity contribution in [1.29, 1.82) is 0 Å². The van der Waals surface area contributed by atoms with Gasteiger partial charge in [-0.15, -0.1) is 10.2 Å². The van der Waals surface area contributed by atoms with E-state index in [4.69, 9.17) is 33.8 Å². The molecule has 0 bridgehead atoms. The van der Waals surface area contributed by atoms with E-state index in [1.165, 1.54) is 4.68 Å².